The number of hydrogen-bond acceptors (Lipinski definition) is 2. The summed E-state index contributed by atoms with van der Waals surface area (Å²) in [5.74, 6) is 0. The fourth-order valence-corrected chi connectivity index (χ4v) is 9.86. The highest BCUT2D eigenvalue weighted by molar-refractivity contribution is 7.26. The molecule has 1 heterocycles. The molecule has 272 valence electrons. The maximum atomic E-state index is 2.38. The zero-order chi connectivity index (χ0) is 38.4. The zero-order valence-electron chi connectivity index (χ0n) is 31.7. The molecule has 0 saturated heterocycles. The van der Waals surface area contributed by atoms with Gasteiger partial charge in [0.05, 0.1) is 0 Å². The Balaban J connectivity index is 0.985. The van der Waals surface area contributed by atoms with E-state index in [1.54, 1.807) is 0 Å². The molecule has 10 aromatic carbocycles. The first-order valence-corrected chi connectivity index (χ1v) is 20.6. The Labute approximate surface area is 342 Å². The molecule has 0 fully saturated rings. The number of anilines is 3. The summed E-state index contributed by atoms with van der Waals surface area (Å²) >= 11 is 1.88. The van der Waals surface area contributed by atoms with Gasteiger partial charge in [-0.25, -0.2) is 0 Å². The molecular formula is C56H37NS. The number of benzene rings is 10. The molecule has 0 aliphatic carbocycles. The molecule has 0 aliphatic rings. The van der Waals surface area contributed by atoms with Crippen molar-refractivity contribution in [2.75, 3.05) is 4.90 Å². The van der Waals surface area contributed by atoms with E-state index in [0.29, 0.717) is 0 Å². The summed E-state index contributed by atoms with van der Waals surface area (Å²) in [6.45, 7) is 0. The highest BCUT2D eigenvalue weighted by Crippen LogP contribution is 2.43. The van der Waals surface area contributed by atoms with E-state index in [1.807, 2.05) is 11.3 Å². The normalized spacial score (nSPS) is 11.4. The summed E-state index contributed by atoms with van der Waals surface area (Å²) in [5, 5.41) is 7.67. The van der Waals surface area contributed by atoms with Crippen molar-refractivity contribution < 1.29 is 0 Å². The molecule has 11 aromatic rings. The predicted octanol–water partition coefficient (Wildman–Crippen LogP) is 16.5. The standard InChI is InChI=1S/C56H37NS/c1-3-17-48-40(11-1)13-8-20-50(48)42-27-25-38(26-28-42)39-29-33-45(34-30-39)57(46-35-31-43(32-36-46)51-21-9-14-41-12-2-4-18-49(41)51)47-16-7-15-44(37-47)52-22-10-23-54-53-19-5-6-24-55(53)58-56(52)54/h1-37H. The van der Waals surface area contributed by atoms with Crippen molar-refractivity contribution in [3.8, 4) is 44.5 Å². The van der Waals surface area contributed by atoms with Crippen LogP contribution in [0.2, 0.25) is 0 Å². The second-order valence-corrected chi connectivity index (χ2v) is 15.9. The van der Waals surface area contributed by atoms with Crippen molar-refractivity contribution in [3.05, 3.63) is 224 Å². The summed E-state index contributed by atoms with van der Waals surface area (Å²) in [6, 6.07) is 81.8. The van der Waals surface area contributed by atoms with Gasteiger partial charge in [0.25, 0.3) is 0 Å². The molecule has 11 rings (SSSR count). The van der Waals surface area contributed by atoms with E-state index >= 15 is 0 Å². The van der Waals surface area contributed by atoms with Crippen LogP contribution in [0.1, 0.15) is 0 Å². The van der Waals surface area contributed by atoms with E-state index in [4.69, 9.17) is 0 Å². The average molecular weight is 756 g/mol. The molecule has 0 aliphatic heterocycles. The van der Waals surface area contributed by atoms with E-state index in [1.165, 1.54) is 86.2 Å². The van der Waals surface area contributed by atoms with Crippen molar-refractivity contribution in [1.82, 2.24) is 0 Å². The van der Waals surface area contributed by atoms with Crippen LogP contribution in [-0.2, 0) is 0 Å². The van der Waals surface area contributed by atoms with Gasteiger partial charge in [-0.1, -0.05) is 182 Å². The Hall–Kier alpha value is -7.26. The van der Waals surface area contributed by atoms with Crippen LogP contribution < -0.4 is 4.90 Å². The molecule has 1 aromatic heterocycles. The molecule has 58 heavy (non-hydrogen) atoms. The van der Waals surface area contributed by atoms with E-state index < -0.39 is 0 Å². The van der Waals surface area contributed by atoms with Crippen molar-refractivity contribution in [2.45, 2.75) is 0 Å². The number of thiophene rings is 1. The molecule has 0 amide bonds. The molecule has 0 N–H and O–H groups in total. The van der Waals surface area contributed by atoms with E-state index in [2.05, 4.69) is 229 Å². The fraction of sp³-hybridized carbons (Fsp3) is 0. The SMILES string of the molecule is c1cc(-c2cccc3c2sc2ccccc23)cc(N(c2ccc(-c3ccc(-c4cccc5ccccc45)cc3)cc2)c2ccc(-c3cccc4ccccc34)cc2)c1. The summed E-state index contributed by atoms with van der Waals surface area (Å²) in [5.41, 5.74) is 13.1. The highest BCUT2D eigenvalue weighted by atomic mass is 32.1. The lowest BCUT2D eigenvalue weighted by atomic mass is 9.96. The molecule has 0 saturated carbocycles. The van der Waals surface area contributed by atoms with Crippen LogP contribution in [0, 0.1) is 0 Å². The second-order valence-electron chi connectivity index (χ2n) is 14.9. The summed E-state index contributed by atoms with van der Waals surface area (Å²) in [7, 11) is 0. The first-order chi connectivity index (χ1) is 28.7. The minimum atomic E-state index is 1.10. The lowest BCUT2D eigenvalue weighted by Crippen LogP contribution is -2.10. The Bertz CT molecular complexity index is 3250. The third-order valence-corrected chi connectivity index (χ3v) is 12.7. The topological polar surface area (TPSA) is 3.24 Å². The largest absolute Gasteiger partial charge is 0.310 e. The molecule has 1 nitrogen and oxygen atoms in total. The number of nitrogens with zero attached hydrogens (tertiary/aromatic N) is 1. The molecule has 0 unspecified atom stereocenters. The monoisotopic (exact) mass is 755 g/mol. The van der Waals surface area contributed by atoms with Crippen LogP contribution in [0.5, 0.6) is 0 Å². The van der Waals surface area contributed by atoms with Gasteiger partial charge in [0.2, 0.25) is 0 Å². The third-order valence-electron chi connectivity index (χ3n) is 11.5. The van der Waals surface area contributed by atoms with Gasteiger partial charge in [-0.3, -0.25) is 0 Å². The number of hydrogen-bond donors (Lipinski definition) is 0. The van der Waals surface area contributed by atoms with Gasteiger partial charge in [0, 0.05) is 37.2 Å². The number of fused-ring (bicyclic) bond motifs is 5. The van der Waals surface area contributed by atoms with Gasteiger partial charge >= 0.3 is 0 Å². The predicted molar refractivity (Wildman–Crippen MR) is 251 cm³/mol. The molecule has 0 bridgehead atoms. The van der Waals surface area contributed by atoms with E-state index in [-0.39, 0.29) is 0 Å². The third kappa shape index (κ3) is 6.03. The minimum Gasteiger partial charge on any atom is -0.310 e. The van der Waals surface area contributed by atoms with E-state index in [9.17, 15) is 0 Å². The van der Waals surface area contributed by atoms with Crippen molar-refractivity contribution in [3.63, 3.8) is 0 Å². The van der Waals surface area contributed by atoms with Crippen molar-refractivity contribution in [2.24, 2.45) is 0 Å². The Kier molecular flexibility index (Phi) is 8.42. The van der Waals surface area contributed by atoms with Gasteiger partial charge in [-0.2, -0.15) is 0 Å². The van der Waals surface area contributed by atoms with Gasteiger partial charge in [0.15, 0.2) is 0 Å². The van der Waals surface area contributed by atoms with Crippen LogP contribution in [0.3, 0.4) is 0 Å². The fourth-order valence-electron chi connectivity index (χ4n) is 8.62. The van der Waals surface area contributed by atoms with Gasteiger partial charge in [0.1, 0.15) is 0 Å². The van der Waals surface area contributed by atoms with E-state index in [0.717, 1.165) is 17.1 Å². The molecule has 0 radical (unpaired) electrons. The Morgan fingerprint density at radius 2 is 0.724 bits per heavy atom. The number of rotatable bonds is 7. The van der Waals surface area contributed by atoms with Crippen LogP contribution in [0.4, 0.5) is 17.1 Å². The van der Waals surface area contributed by atoms with Crippen LogP contribution >= 0.6 is 11.3 Å². The van der Waals surface area contributed by atoms with Crippen LogP contribution in [0.25, 0.3) is 86.2 Å². The smallest absolute Gasteiger partial charge is 0.0467 e. The highest BCUT2D eigenvalue weighted by Gasteiger charge is 2.17. The summed E-state index contributed by atoms with van der Waals surface area (Å²) in [6.07, 6.45) is 0. The second kappa shape index (κ2) is 14.4. The quantitative estimate of drug-likeness (QED) is 0.157. The van der Waals surface area contributed by atoms with Crippen LogP contribution in [-0.4, -0.2) is 0 Å². The summed E-state index contributed by atoms with van der Waals surface area (Å²) in [4.78, 5) is 2.38. The van der Waals surface area contributed by atoms with Gasteiger partial charge in [-0.05, 0) is 109 Å². The maximum absolute atomic E-state index is 2.38. The lowest BCUT2D eigenvalue weighted by molar-refractivity contribution is 1.28. The zero-order valence-corrected chi connectivity index (χ0v) is 32.5. The Morgan fingerprint density at radius 3 is 1.36 bits per heavy atom. The van der Waals surface area contributed by atoms with Crippen LogP contribution in [0.15, 0.2) is 224 Å². The minimum absolute atomic E-state index is 1.10. The average Bonchev–Trinajstić information content (AvgIpc) is 3.69. The van der Waals surface area contributed by atoms with Gasteiger partial charge in [-0.15, -0.1) is 11.3 Å². The first kappa shape index (κ1) is 34.0. The molecule has 0 spiro atoms. The molecular weight excluding hydrogens is 719 g/mol. The summed E-state index contributed by atoms with van der Waals surface area (Å²) < 4.78 is 2.64. The van der Waals surface area contributed by atoms with Crippen molar-refractivity contribution >= 4 is 70.1 Å². The van der Waals surface area contributed by atoms with Crippen molar-refractivity contribution in [1.29, 1.82) is 0 Å². The first-order valence-electron chi connectivity index (χ1n) is 19.8. The Morgan fingerprint density at radius 1 is 0.276 bits per heavy atom. The lowest BCUT2D eigenvalue weighted by Gasteiger charge is -2.26. The maximum Gasteiger partial charge on any atom is 0.0467 e. The molecule has 0 atom stereocenters. The molecule has 2 heteroatoms. The van der Waals surface area contributed by atoms with Gasteiger partial charge < -0.3 is 4.90 Å².